The van der Waals surface area contributed by atoms with Crippen molar-refractivity contribution in [3.05, 3.63) is 23.4 Å². The highest BCUT2D eigenvalue weighted by Crippen LogP contribution is 2.38. The van der Waals surface area contributed by atoms with Gasteiger partial charge in [-0.25, -0.2) is 0 Å². The monoisotopic (exact) mass is 246 g/mol. The lowest BCUT2D eigenvalue weighted by Gasteiger charge is -2.07. The molecule has 1 aromatic heterocycles. The average Bonchev–Trinajstić information content (AvgIpc) is 2.91. The van der Waals surface area contributed by atoms with Crippen LogP contribution in [0.3, 0.4) is 0 Å². The molecular formula is C14H18N2O2. The summed E-state index contributed by atoms with van der Waals surface area (Å²) in [5.74, 6) is 1.69. The Hall–Kier alpha value is -1.68. The lowest BCUT2D eigenvalue weighted by molar-refractivity contribution is 0.174. The van der Waals surface area contributed by atoms with Crippen LogP contribution in [0.25, 0.3) is 10.9 Å². The molecule has 0 spiro atoms. The third-order valence-electron chi connectivity index (χ3n) is 3.72. The maximum Gasteiger partial charge on any atom is 0.231 e. The number of ether oxygens (including phenoxy) is 2. The maximum absolute atomic E-state index is 5.61. The Morgan fingerprint density at radius 2 is 1.94 bits per heavy atom. The molecule has 2 aromatic rings. The van der Waals surface area contributed by atoms with Crippen LogP contribution in [0.1, 0.15) is 17.7 Å². The van der Waals surface area contributed by atoms with Gasteiger partial charge in [0.1, 0.15) is 0 Å². The van der Waals surface area contributed by atoms with Crippen LogP contribution in [0.15, 0.2) is 12.1 Å². The second kappa shape index (κ2) is 4.21. The average molecular weight is 246 g/mol. The highest BCUT2D eigenvalue weighted by Gasteiger charge is 2.18. The van der Waals surface area contributed by atoms with Crippen molar-refractivity contribution < 1.29 is 9.47 Å². The number of aryl methyl sites for hydroxylation is 2. The summed E-state index contributed by atoms with van der Waals surface area (Å²) in [5, 5.41) is 1.24. The molecule has 1 aliphatic heterocycles. The SMILES string of the molecule is Cc1c(C)n(CCCN)c2cc3c(cc12)OCO3. The van der Waals surface area contributed by atoms with E-state index in [-0.39, 0.29) is 0 Å². The van der Waals surface area contributed by atoms with Crippen molar-refractivity contribution in [1.29, 1.82) is 0 Å². The van der Waals surface area contributed by atoms with E-state index in [1.165, 1.54) is 22.2 Å². The lowest BCUT2D eigenvalue weighted by atomic mass is 10.1. The molecule has 18 heavy (non-hydrogen) atoms. The Bertz CT molecular complexity index is 602. The first-order valence-corrected chi connectivity index (χ1v) is 6.31. The fourth-order valence-corrected chi connectivity index (χ4v) is 2.57. The second-order valence-electron chi connectivity index (χ2n) is 4.73. The number of benzene rings is 1. The fraction of sp³-hybridized carbons (Fsp3) is 0.429. The molecule has 0 bridgehead atoms. The zero-order valence-electron chi connectivity index (χ0n) is 10.8. The normalized spacial score (nSPS) is 13.5. The van der Waals surface area contributed by atoms with Crippen LogP contribution in [-0.4, -0.2) is 17.9 Å². The van der Waals surface area contributed by atoms with Crippen LogP contribution < -0.4 is 15.2 Å². The van der Waals surface area contributed by atoms with Crippen molar-refractivity contribution in [2.24, 2.45) is 5.73 Å². The zero-order chi connectivity index (χ0) is 12.7. The van der Waals surface area contributed by atoms with Gasteiger partial charge in [0.25, 0.3) is 0 Å². The van der Waals surface area contributed by atoms with E-state index in [1.807, 2.05) is 0 Å². The van der Waals surface area contributed by atoms with Gasteiger partial charge < -0.3 is 19.8 Å². The molecule has 0 amide bonds. The van der Waals surface area contributed by atoms with E-state index in [9.17, 15) is 0 Å². The van der Waals surface area contributed by atoms with Crippen molar-refractivity contribution in [3.63, 3.8) is 0 Å². The van der Waals surface area contributed by atoms with E-state index in [4.69, 9.17) is 15.2 Å². The minimum absolute atomic E-state index is 0.322. The fourth-order valence-electron chi connectivity index (χ4n) is 2.57. The summed E-state index contributed by atoms with van der Waals surface area (Å²) in [6.45, 7) is 6.29. The molecule has 1 aliphatic rings. The molecule has 4 heteroatoms. The number of nitrogens with zero attached hydrogens (tertiary/aromatic N) is 1. The van der Waals surface area contributed by atoms with Gasteiger partial charge in [-0.3, -0.25) is 0 Å². The molecule has 0 saturated carbocycles. The van der Waals surface area contributed by atoms with Gasteiger partial charge >= 0.3 is 0 Å². The first-order chi connectivity index (χ1) is 8.72. The van der Waals surface area contributed by atoms with Gasteiger partial charge in [0.2, 0.25) is 6.79 Å². The predicted octanol–water partition coefficient (Wildman–Crippen LogP) is 2.34. The molecule has 96 valence electrons. The Morgan fingerprint density at radius 3 is 2.67 bits per heavy atom. The molecule has 0 radical (unpaired) electrons. The van der Waals surface area contributed by atoms with Crippen molar-refractivity contribution in [3.8, 4) is 11.5 Å². The molecule has 0 unspecified atom stereocenters. The first kappa shape index (κ1) is 11.4. The van der Waals surface area contributed by atoms with E-state index in [1.54, 1.807) is 0 Å². The molecule has 1 aromatic carbocycles. The molecule has 0 aliphatic carbocycles. The summed E-state index contributed by atoms with van der Waals surface area (Å²) in [6.07, 6.45) is 0.985. The van der Waals surface area contributed by atoms with Crippen LogP contribution in [0.4, 0.5) is 0 Å². The van der Waals surface area contributed by atoms with Gasteiger partial charge in [-0.2, -0.15) is 0 Å². The van der Waals surface area contributed by atoms with Crippen LogP contribution in [0, 0.1) is 13.8 Å². The topological polar surface area (TPSA) is 49.4 Å². The number of hydrogen-bond acceptors (Lipinski definition) is 3. The van der Waals surface area contributed by atoms with E-state index in [0.717, 1.165) is 24.5 Å². The molecule has 4 nitrogen and oxygen atoms in total. The van der Waals surface area contributed by atoms with Crippen LogP contribution in [0.5, 0.6) is 11.5 Å². The maximum atomic E-state index is 5.61. The summed E-state index contributed by atoms with van der Waals surface area (Å²) >= 11 is 0. The Labute approximate surface area is 106 Å². The summed E-state index contributed by atoms with van der Waals surface area (Å²) in [6, 6.07) is 4.16. The Kier molecular flexibility index (Phi) is 2.67. The molecule has 3 rings (SSSR count). The smallest absolute Gasteiger partial charge is 0.231 e. The first-order valence-electron chi connectivity index (χ1n) is 6.31. The Balaban J connectivity index is 2.19. The largest absolute Gasteiger partial charge is 0.454 e. The molecule has 2 N–H and O–H groups in total. The number of hydrogen-bond donors (Lipinski definition) is 1. The van der Waals surface area contributed by atoms with Gasteiger partial charge in [-0.05, 0) is 38.4 Å². The predicted molar refractivity (Wildman–Crippen MR) is 71.2 cm³/mol. The minimum Gasteiger partial charge on any atom is -0.454 e. The summed E-state index contributed by atoms with van der Waals surface area (Å²) in [5.41, 5.74) is 9.42. The van der Waals surface area contributed by atoms with Gasteiger partial charge in [0.15, 0.2) is 11.5 Å². The van der Waals surface area contributed by atoms with Gasteiger partial charge in [-0.1, -0.05) is 0 Å². The van der Waals surface area contributed by atoms with Crippen LogP contribution in [-0.2, 0) is 6.54 Å². The quantitative estimate of drug-likeness (QED) is 0.904. The van der Waals surface area contributed by atoms with E-state index < -0.39 is 0 Å². The zero-order valence-corrected chi connectivity index (χ0v) is 10.8. The number of fused-ring (bicyclic) bond motifs is 2. The molecule has 0 atom stereocenters. The van der Waals surface area contributed by atoms with Crippen molar-refractivity contribution in [2.75, 3.05) is 13.3 Å². The molecule has 0 saturated heterocycles. The number of rotatable bonds is 3. The summed E-state index contributed by atoms with van der Waals surface area (Å²) in [7, 11) is 0. The highest BCUT2D eigenvalue weighted by molar-refractivity contribution is 5.88. The molecule has 2 heterocycles. The molecule has 0 fully saturated rings. The van der Waals surface area contributed by atoms with Crippen LogP contribution in [0.2, 0.25) is 0 Å². The van der Waals surface area contributed by atoms with E-state index in [2.05, 4.69) is 30.5 Å². The molecular weight excluding hydrogens is 228 g/mol. The van der Waals surface area contributed by atoms with E-state index in [0.29, 0.717) is 13.3 Å². The van der Waals surface area contributed by atoms with Gasteiger partial charge in [0, 0.05) is 23.7 Å². The number of nitrogens with two attached hydrogens (primary N) is 1. The minimum atomic E-state index is 0.322. The lowest BCUT2D eigenvalue weighted by Crippen LogP contribution is -2.06. The Morgan fingerprint density at radius 1 is 1.22 bits per heavy atom. The van der Waals surface area contributed by atoms with Crippen molar-refractivity contribution in [2.45, 2.75) is 26.8 Å². The van der Waals surface area contributed by atoms with E-state index >= 15 is 0 Å². The summed E-state index contributed by atoms with van der Waals surface area (Å²) < 4.78 is 13.2. The van der Waals surface area contributed by atoms with Crippen molar-refractivity contribution in [1.82, 2.24) is 4.57 Å². The third-order valence-corrected chi connectivity index (χ3v) is 3.72. The number of aromatic nitrogens is 1. The standard InChI is InChI=1S/C14H18N2O2/c1-9-10(2)16(5-3-4-15)12-7-14-13(6-11(9)12)17-8-18-14/h6-7H,3-5,8,15H2,1-2H3. The van der Waals surface area contributed by atoms with Crippen molar-refractivity contribution >= 4 is 10.9 Å². The second-order valence-corrected chi connectivity index (χ2v) is 4.73. The van der Waals surface area contributed by atoms with Crippen LogP contribution >= 0.6 is 0 Å². The van der Waals surface area contributed by atoms with Gasteiger partial charge in [-0.15, -0.1) is 0 Å². The van der Waals surface area contributed by atoms with Gasteiger partial charge in [0.05, 0.1) is 5.52 Å². The third kappa shape index (κ3) is 1.56. The highest BCUT2D eigenvalue weighted by atomic mass is 16.7. The summed E-state index contributed by atoms with van der Waals surface area (Å²) in [4.78, 5) is 0.